The summed E-state index contributed by atoms with van der Waals surface area (Å²) in [5, 5.41) is 0. The number of nitrogens with zero attached hydrogens (tertiary/aromatic N) is 1. The average Bonchev–Trinajstić information content (AvgIpc) is 3.15. The quantitative estimate of drug-likeness (QED) is 0.841. The Kier molecular flexibility index (Phi) is 6.24. The monoisotopic (exact) mass is 352 g/mol. The minimum Gasteiger partial charge on any atom is -0.465 e. The van der Waals surface area contributed by atoms with E-state index in [0.29, 0.717) is 30.2 Å². The lowest BCUT2D eigenvalue weighted by Crippen LogP contribution is -2.33. The molecule has 0 radical (unpaired) electrons. The van der Waals surface area contributed by atoms with E-state index in [-0.39, 0.29) is 30.3 Å². The number of amides is 1. The molecule has 5 nitrogen and oxygen atoms in total. The van der Waals surface area contributed by atoms with E-state index in [1.807, 2.05) is 17.0 Å². The van der Waals surface area contributed by atoms with Gasteiger partial charge in [0.25, 0.3) is 0 Å². The Morgan fingerprint density at radius 3 is 2.54 bits per heavy atom. The first-order valence-electron chi connectivity index (χ1n) is 8.29. The highest BCUT2D eigenvalue weighted by atomic mass is 35.5. The number of likely N-dealkylation sites (tertiary alicyclic amines) is 1. The molecule has 132 valence electrons. The van der Waals surface area contributed by atoms with Gasteiger partial charge in [0.15, 0.2) is 0 Å². The number of carbonyl (C=O) groups excluding carboxylic acids is 2. The van der Waals surface area contributed by atoms with Crippen LogP contribution in [0.25, 0.3) is 0 Å². The van der Waals surface area contributed by atoms with Gasteiger partial charge < -0.3 is 15.4 Å². The average molecular weight is 353 g/mol. The van der Waals surface area contributed by atoms with Crippen molar-refractivity contribution in [1.29, 1.82) is 0 Å². The van der Waals surface area contributed by atoms with Gasteiger partial charge in [-0.3, -0.25) is 4.79 Å². The van der Waals surface area contributed by atoms with E-state index in [0.717, 1.165) is 31.5 Å². The second-order valence-electron chi connectivity index (χ2n) is 6.65. The number of methoxy groups -OCH3 is 1. The molecule has 1 amide bonds. The summed E-state index contributed by atoms with van der Waals surface area (Å²) in [5.41, 5.74) is 7.71. The van der Waals surface area contributed by atoms with Gasteiger partial charge in [-0.2, -0.15) is 0 Å². The van der Waals surface area contributed by atoms with E-state index in [4.69, 9.17) is 5.73 Å². The largest absolute Gasteiger partial charge is 0.465 e. The highest BCUT2D eigenvalue weighted by Gasteiger charge is 2.42. The van der Waals surface area contributed by atoms with Gasteiger partial charge in [-0.05, 0) is 48.8 Å². The lowest BCUT2D eigenvalue weighted by Gasteiger charge is -2.18. The van der Waals surface area contributed by atoms with Crippen LogP contribution in [-0.4, -0.2) is 43.0 Å². The van der Waals surface area contributed by atoms with Gasteiger partial charge >= 0.3 is 5.97 Å². The number of ether oxygens (including phenoxy) is 1. The fraction of sp³-hybridized carbons (Fsp3) is 0.556. The number of benzene rings is 1. The van der Waals surface area contributed by atoms with E-state index in [2.05, 4.69) is 4.74 Å². The number of nitrogens with two attached hydrogens (primary N) is 1. The van der Waals surface area contributed by atoms with Crippen molar-refractivity contribution in [2.75, 3.05) is 20.2 Å². The van der Waals surface area contributed by atoms with Crippen molar-refractivity contribution < 1.29 is 14.3 Å². The Labute approximate surface area is 148 Å². The first kappa shape index (κ1) is 18.7. The fourth-order valence-electron chi connectivity index (χ4n) is 3.85. The third kappa shape index (κ3) is 3.90. The zero-order valence-corrected chi connectivity index (χ0v) is 14.8. The molecule has 2 N–H and O–H groups in total. The first-order valence-corrected chi connectivity index (χ1v) is 8.29. The summed E-state index contributed by atoms with van der Waals surface area (Å²) in [6.45, 7) is 1.70. The zero-order chi connectivity index (χ0) is 16.4. The maximum Gasteiger partial charge on any atom is 0.337 e. The Hall–Kier alpha value is -1.59. The zero-order valence-electron chi connectivity index (χ0n) is 13.9. The Balaban J connectivity index is 0.00000208. The van der Waals surface area contributed by atoms with E-state index in [1.54, 1.807) is 12.1 Å². The summed E-state index contributed by atoms with van der Waals surface area (Å²) in [6, 6.07) is 7.52. The van der Waals surface area contributed by atoms with Crippen LogP contribution in [0.1, 0.15) is 35.2 Å². The predicted octanol–water partition coefficient (Wildman–Crippen LogP) is 2.02. The van der Waals surface area contributed by atoms with Crippen LogP contribution in [-0.2, 0) is 16.0 Å². The van der Waals surface area contributed by atoms with Crippen molar-refractivity contribution in [3.05, 3.63) is 35.4 Å². The van der Waals surface area contributed by atoms with Gasteiger partial charge in [-0.1, -0.05) is 12.1 Å². The number of esters is 1. The molecule has 1 saturated carbocycles. The standard InChI is InChI=1S/C18H24N2O3.ClH/c1-23-18(22)13-5-2-12(3-6-13)4-9-17(21)20-10-14-7-8-16(19)15(14)11-20;/h2-3,5-6,14-16H,4,7-11,19H2,1H3;1H. The van der Waals surface area contributed by atoms with Crippen molar-refractivity contribution in [2.24, 2.45) is 17.6 Å². The Morgan fingerprint density at radius 2 is 1.92 bits per heavy atom. The minimum absolute atomic E-state index is 0. The van der Waals surface area contributed by atoms with Gasteiger partial charge in [0.05, 0.1) is 12.7 Å². The first-order chi connectivity index (χ1) is 11.1. The highest BCUT2D eigenvalue weighted by Crippen LogP contribution is 2.37. The SMILES string of the molecule is COC(=O)c1ccc(CCC(=O)N2CC3CCC(N)C3C2)cc1.Cl. The molecule has 0 spiro atoms. The molecule has 3 rings (SSSR count). The van der Waals surface area contributed by atoms with Crippen molar-refractivity contribution in [3.8, 4) is 0 Å². The van der Waals surface area contributed by atoms with Crippen molar-refractivity contribution in [2.45, 2.75) is 31.7 Å². The molecule has 1 aliphatic heterocycles. The molecule has 1 heterocycles. The summed E-state index contributed by atoms with van der Waals surface area (Å²) in [5.74, 6) is 0.975. The number of halogens is 1. The van der Waals surface area contributed by atoms with Gasteiger partial charge in [-0.25, -0.2) is 4.79 Å². The second-order valence-corrected chi connectivity index (χ2v) is 6.65. The Bertz CT molecular complexity index is 590. The topological polar surface area (TPSA) is 72.6 Å². The molecule has 2 fully saturated rings. The predicted molar refractivity (Wildman–Crippen MR) is 94.1 cm³/mol. The molecular formula is C18H25ClN2O3. The van der Waals surface area contributed by atoms with E-state index >= 15 is 0 Å². The summed E-state index contributed by atoms with van der Waals surface area (Å²) in [4.78, 5) is 25.8. The molecule has 6 heteroatoms. The van der Waals surface area contributed by atoms with Crippen LogP contribution in [0.15, 0.2) is 24.3 Å². The van der Waals surface area contributed by atoms with Crippen molar-refractivity contribution >= 4 is 24.3 Å². The van der Waals surface area contributed by atoms with Gasteiger partial charge in [0.2, 0.25) is 5.91 Å². The molecular weight excluding hydrogens is 328 g/mol. The number of hydrogen-bond donors (Lipinski definition) is 1. The summed E-state index contributed by atoms with van der Waals surface area (Å²) >= 11 is 0. The number of aryl methyl sites for hydroxylation is 1. The lowest BCUT2D eigenvalue weighted by molar-refractivity contribution is -0.130. The molecule has 3 atom stereocenters. The van der Waals surface area contributed by atoms with Gasteiger partial charge in [0.1, 0.15) is 0 Å². The lowest BCUT2D eigenvalue weighted by atomic mass is 9.98. The number of carbonyl (C=O) groups is 2. The molecule has 1 aliphatic carbocycles. The van der Waals surface area contributed by atoms with E-state index < -0.39 is 0 Å². The normalized spacial score (nSPS) is 25.1. The smallest absolute Gasteiger partial charge is 0.337 e. The van der Waals surface area contributed by atoms with Gasteiger partial charge in [-0.15, -0.1) is 12.4 Å². The van der Waals surface area contributed by atoms with Crippen LogP contribution in [0.5, 0.6) is 0 Å². The van der Waals surface area contributed by atoms with Gasteiger partial charge in [0, 0.05) is 25.6 Å². The van der Waals surface area contributed by atoms with Crippen LogP contribution in [0.4, 0.5) is 0 Å². The summed E-state index contributed by atoms with van der Waals surface area (Å²) in [7, 11) is 1.37. The number of fused-ring (bicyclic) bond motifs is 1. The molecule has 3 unspecified atom stereocenters. The van der Waals surface area contributed by atoms with Crippen molar-refractivity contribution in [3.63, 3.8) is 0 Å². The molecule has 1 saturated heterocycles. The maximum atomic E-state index is 12.4. The molecule has 1 aromatic carbocycles. The third-order valence-electron chi connectivity index (χ3n) is 5.27. The maximum absolute atomic E-state index is 12.4. The molecule has 2 aliphatic rings. The molecule has 24 heavy (non-hydrogen) atoms. The van der Waals surface area contributed by atoms with E-state index in [1.165, 1.54) is 7.11 Å². The molecule has 1 aromatic rings. The van der Waals surface area contributed by atoms with E-state index in [9.17, 15) is 9.59 Å². The number of rotatable bonds is 4. The summed E-state index contributed by atoms with van der Waals surface area (Å²) < 4.78 is 4.68. The highest BCUT2D eigenvalue weighted by molar-refractivity contribution is 5.89. The third-order valence-corrected chi connectivity index (χ3v) is 5.27. The molecule has 0 bridgehead atoms. The van der Waals surface area contributed by atoms with Crippen LogP contribution in [0.3, 0.4) is 0 Å². The van der Waals surface area contributed by atoms with Crippen molar-refractivity contribution in [1.82, 2.24) is 4.90 Å². The Morgan fingerprint density at radius 1 is 1.21 bits per heavy atom. The minimum atomic E-state index is -0.340. The number of hydrogen-bond acceptors (Lipinski definition) is 4. The van der Waals surface area contributed by atoms with Crippen LogP contribution < -0.4 is 5.73 Å². The fourth-order valence-corrected chi connectivity index (χ4v) is 3.85. The van der Waals surface area contributed by atoms with Crippen LogP contribution >= 0.6 is 12.4 Å². The van der Waals surface area contributed by atoms with Crippen LogP contribution in [0.2, 0.25) is 0 Å². The summed E-state index contributed by atoms with van der Waals surface area (Å²) in [6.07, 6.45) is 3.46. The van der Waals surface area contributed by atoms with Crippen LogP contribution in [0, 0.1) is 11.8 Å². The second kappa shape index (κ2) is 7.99. The molecule has 0 aromatic heterocycles.